The van der Waals surface area contributed by atoms with Crippen molar-refractivity contribution in [3.05, 3.63) is 96.1 Å². The van der Waals surface area contributed by atoms with E-state index in [4.69, 9.17) is 9.47 Å². The van der Waals surface area contributed by atoms with Gasteiger partial charge >= 0.3 is 37.7 Å². The largest absolute Gasteiger partial charge is 2.00 e. The van der Waals surface area contributed by atoms with Crippen LogP contribution in [-0.4, -0.2) is 68.8 Å². The van der Waals surface area contributed by atoms with Gasteiger partial charge in [-0.15, -0.1) is 0 Å². The molecule has 356 valence electrons. The summed E-state index contributed by atoms with van der Waals surface area (Å²) >= 11 is 0. The molecule has 0 aliphatic carbocycles. The molecule has 65 heavy (non-hydrogen) atoms. The van der Waals surface area contributed by atoms with Gasteiger partial charge in [0.1, 0.15) is 43.8 Å². The monoisotopic (exact) mass is 962 g/mol. The van der Waals surface area contributed by atoms with Gasteiger partial charge in [0.05, 0.1) is 4.90 Å². The fraction of sp³-hybridized carbons (Fsp3) is 0.538. The summed E-state index contributed by atoms with van der Waals surface area (Å²) in [5.74, 6) is 0.459. The van der Waals surface area contributed by atoms with E-state index in [1.807, 2.05) is 24.3 Å². The van der Waals surface area contributed by atoms with Crippen LogP contribution in [-0.2, 0) is 33.1 Å². The van der Waals surface area contributed by atoms with Crippen LogP contribution in [0.15, 0.2) is 94.7 Å². The number of hydrogen-bond donors (Lipinski definition) is 2. The number of benzene rings is 4. The molecule has 4 rings (SSSR count). The van der Waals surface area contributed by atoms with E-state index in [-0.39, 0.29) is 43.5 Å². The predicted octanol–water partition coefficient (Wildman–Crippen LogP) is 14.0. The zero-order valence-electron chi connectivity index (χ0n) is 39.2. The van der Waals surface area contributed by atoms with Gasteiger partial charge in [0, 0.05) is 6.07 Å². The first-order chi connectivity index (χ1) is 30.8. The standard InChI is InChI=1S/2C26H38O5S.Ca/c2*1-2-3-4-5-6-7-8-9-10-11-12-14-17-22-20-24(27)26(32(28,29)30)21-25(22)31-23-18-15-13-16-19-23;/h2*13,15-16,18-21,27H,2-12,14,17H2,1H3,(H,28,29,30);/q;;+2/p-2. The third kappa shape index (κ3) is 24.7. The molecule has 0 amide bonds. The van der Waals surface area contributed by atoms with Crippen LogP contribution < -0.4 is 14.6 Å². The van der Waals surface area contributed by atoms with Crippen LogP contribution in [0.25, 0.3) is 0 Å². The minimum Gasteiger partial charge on any atom is -0.872 e. The molecule has 0 aromatic heterocycles. The maximum atomic E-state index is 12.2. The predicted molar refractivity (Wildman–Crippen MR) is 260 cm³/mol. The molecule has 4 aromatic carbocycles. The van der Waals surface area contributed by atoms with Crippen LogP contribution in [0.2, 0.25) is 0 Å². The van der Waals surface area contributed by atoms with Crippen molar-refractivity contribution in [1.82, 2.24) is 0 Å². The Bertz CT molecular complexity index is 1950. The van der Waals surface area contributed by atoms with Crippen molar-refractivity contribution in [2.75, 3.05) is 0 Å². The molecule has 2 N–H and O–H groups in total. The van der Waals surface area contributed by atoms with Gasteiger partial charge in [0.2, 0.25) is 0 Å². The molecule has 0 aliphatic rings. The minimum absolute atomic E-state index is 0. The van der Waals surface area contributed by atoms with Crippen molar-refractivity contribution in [1.29, 1.82) is 0 Å². The Hall–Kier alpha value is -2.84. The van der Waals surface area contributed by atoms with Gasteiger partial charge < -0.3 is 24.2 Å². The van der Waals surface area contributed by atoms with Crippen LogP contribution in [0.1, 0.15) is 179 Å². The first kappa shape index (κ1) is 58.3. The molecule has 0 aliphatic heterocycles. The minimum atomic E-state index is -4.85. The summed E-state index contributed by atoms with van der Waals surface area (Å²) in [7, 11) is -9.40. The first-order valence-electron chi connectivity index (χ1n) is 23.9. The van der Waals surface area contributed by atoms with E-state index in [1.165, 1.54) is 140 Å². The average Bonchev–Trinajstić information content (AvgIpc) is 3.26. The molecule has 0 atom stereocenters. The number of phenols is 1. The topological polar surface area (TPSA) is 173 Å². The molecule has 10 nitrogen and oxygen atoms in total. The number of para-hydroxylation sites is 2. The van der Waals surface area contributed by atoms with Crippen LogP contribution >= 0.6 is 0 Å². The van der Waals surface area contributed by atoms with Gasteiger partial charge in [-0.3, -0.25) is 4.55 Å². The summed E-state index contributed by atoms with van der Waals surface area (Å²) in [5, 5.41) is 22.3. The zero-order chi connectivity index (χ0) is 46.5. The third-order valence-corrected chi connectivity index (χ3v) is 13.1. The van der Waals surface area contributed by atoms with Crippen molar-refractivity contribution < 1.29 is 45.6 Å². The van der Waals surface area contributed by atoms with E-state index >= 15 is 0 Å². The SMILES string of the molecule is CCCCCCCCCCCCCCc1cc(O)c(S(=O)(=O)O)cc1Oc1ccccc1.CCCCCCCCCCCCCCc1cc([O-])c(S(=O)(=O)[O-])cc1Oc1ccccc1.[Ca+2]. The van der Waals surface area contributed by atoms with Gasteiger partial charge in [-0.2, -0.15) is 8.42 Å². The molecule has 0 bridgehead atoms. The number of aromatic hydroxyl groups is 1. The molecular weight excluding hydrogens is 889 g/mol. The maximum Gasteiger partial charge on any atom is 2.00 e. The molecule has 0 unspecified atom stereocenters. The summed E-state index contributed by atoms with van der Waals surface area (Å²) in [4.78, 5) is -1.30. The van der Waals surface area contributed by atoms with Crippen LogP contribution in [0.4, 0.5) is 0 Å². The number of hydrogen-bond acceptors (Lipinski definition) is 9. The fourth-order valence-corrected chi connectivity index (χ4v) is 8.84. The molecule has 0 heterocycles. The summed E-state index contributed by atoms with van der Waals surface area (Å²) in [6, 6.07) is 22.9. The second-order valence-corrected chi connectivity index (χ2v) is 19.6. The van der Waals surface area contributed by atoms with Crippen LogP contribution in [0, 0.1) is 0 Å². The summed E-state index contributed by atoms with van der Waals surface area (Å²) < 4.78 is 78.5. The Morgan fingerprint density at radius 3 is 1.14 bits per heavy atom. The second kappa shape index (κ2) is 33.6. The van der Waals surface area contributed by atoms with Gasteiger partial charge in [-0.1, -0.05) is 203 Å². The molecule has 0 saturated carbocycles. The van der Waals surface area contributed by atoms with E-state index in [9.17, 15) is 36.2 Å². The van der Waals surface area contributed by atoms with Gasteiger partial charge in [0.15, 0.2) is 0 Å². The fourth-order valence-electron chi connectivity index (χ4n) is 7.70. The van der Waals surface area contributed by atoms with Crippen molar-refractivity contribution >= 4 is 58.0 Å². The summed E-state index contributed by atoms with van der Waals surface area (Å²) in [6.07, 6.45) is 31.2. The Morgan fingerprint density at radius 2 is 0.800 bits per heavy atom. The molecule has 4 aromatic rings. The molecule has 0 spiro atoms. The number of aryl methyl sites for hydroxylation is 2. The van der Waals surface area contributed by atoms with Gasteiger partial charge in [-0.25, -0.2) is 8.42 Å². The number of unbranched alkanes of at least 4 members (excludes halogenated alkanes) is 22. The zero-order valence-corrected chi connectivity index (χ0v) is 43.0. The normalized spacial score (nSPS) is 11.4. The first-order valence-corrected chi connectivity index (χ1v) is 26.8. The van der Waals surface area contributed by atoms with Gasteiger partial charge in [0.25, 0.3) is 10.1 Å². The van der Waals surface area contributed by atoms with E-state index in [0.717, 1.165) is 43.7 Å². The van der Waals surface area contributed by atoms with Crippen molar-refractivity contribution in [3.63, 3.8) is 0 Å². The average molecular weight is 963 g/mol. The molecular formula is C52H74CaO10S2. The number of rotatable bonds is 32. The quantitative estimate of drug-likeness (QED) is 0.0272. The molecule has 13 heteroatoms. The Morgan fingerprint density at radius 1 is 0.477 bits per heavy atom. The van der Waals surface area contributed by atoms with E-state index in [2.05, 4.69) is 13.8 Å². The van der Waals surface area contributed by atoms with Crippen LogP contribution in [0.3, 0.4) is 0 Å². The Balaban J connectivity index is 0.000000440. The van der Waals surface area contributed by atoms with Crippen molar-refractivity contribution in [3.8, 4) is 34.5 Å². The van der Waals surface area contributed by atoms with E-state index in [0.29, 0.717) is 35.7 Å². The summed E-state index contributed by atoms with van der Waals surface area (Å²) in [6.45, 7) is 4.48. The van der Waals surface area contributed by atoms with Gasteiger partial charge in [-0.05, 0) is 73.2 Å². The molecule has 0 fully saturated rings. The van der Waals surface area contributed by atoms with Crippen LogP contribution in [0.5, 0.6) is 34.5 Å². The maximum absolute atomic E-state index is 12.2. The number of phenolic OH excluding ortho intramolecular Hbond substituents is 1. The summed E-state index contributed by atoms with van der Waals surface area (Å²) in [5.41, 5.74) is 1.36. The second-order valence-electron chi connectivity index (χ2n) is 16.9. The molecule has 0 saturated heterocycles. The van der Waals surface area contributed by atoms with Crippen molar-refractivity contribution in [2.45, 2.75) is 191 Å². The molecule has 0 radical (unpaired) electrons. The Kier molecular flexibility index (Phi) is 30.1. The van der Waals surface area contributed by atoms with E-state index < -0.39 is 41.5 Å². The number of ether oxygens (including phenoxy) is 2. The smallest absolute Gasteiger partial charge is 0.872 e. The Labute approximate surface area is 421 Å². The van der Waals surface area contributed by atoms with Crippen molar-refractivity contribution in [2.24, 2.45) is 0 Å². The third-order valence-electron chi connectivity index (χ3n) is 11.4. The van der Waals surface area contributed by atoms with E-state index in [1.54, 1.807) is 36.4 Å².